The first-order valence-corrected chi connectivity index (χ1v) is 5.60. The van der Waals surface area contributed by atoms with E-state index in [0.29, 0.717) is 0 Å². The molecule has 2 rings (SSSR count). The molecule has 3 heteroatoms. The smallest absolute Gasteiger partial charge is 0.253 e. The molecule has 3 nitrogen and oxygen atoms in total. The second-order valence-corrected chi connectivity index (χ2v) is 4.90. The Hall–Kier alpha value is -1.35. The first-order valence-electron chi connectivity index (χ1n) is 5.60. The topological polar surface area (TPSA) is 46.3 Å². The molecular weight excluding hydrogens is 200 g/mol. The molecule has 1 saturated carbocycles. The highest BCUT2D eigenvalue weighted by Gasteiger charge is 2.38. The van der Waals surface area contributed by atoms with E-state index in [4.69, 9.17) is 5.73 Å². The third kappa shape index (κ3) is 2.25. The maximum absolute atomic E-state index is 12.0. The second kappa shape index (κ2) is 3.91. The molecule has 0 bridgehead atoms. The summed E-state index contributed by atoms with van der Waals surface area (Å²) >= 11 is 0. The van der Waals surface area contributed by atoms with Gasteiger partial charge in [0.05, 0.1) is 0 Å². The molecule has 1 aliphatic rings. The van der Waals surface area contributed by atoms with Crippen molar-refractivity contribution in [1.29, 1.82) is 0 Å². The molecule has 1 amide bonds. The summed E-state index contributed by atoms with van der Waals surface area (Å²) in [6.07, 6.45) is 2.94. The third-order valence-corrected chi connectivity index (χ3v) is 3.09. The predicted octanol–water partition coefficient (Wildman–Crippen LogP) is 1.42. The van der Waals surface area contributed by atoms with E-state index in [-0.39, 0.29) is 11.4 Å². The Morgan fingerprint density at radius 3 is 2.56 bits per heavy atom. The van der Waals surface area contributed by atoms with Gasteiger partial charge in [0.2, 0.25) is 0 Å². The highest BCUT2D eigenvalue weighted by Crippen LogP contribution is 2.36. The van der Waals surface area contributed by atoms with Crippen LogP contribution in [0.5, 0.6) is 0 Å². The highest BCUT2D eigenvalue weighted by atomic mass is 16.2. The number of hydrogen-bond acceptors (Lipinski definition) is 2. The van der Waals surface area contributed by atoms with Gasteiger partial charge in [0.25, 0.3) is 5.91 Å². The summed E-state index contributed by atoms with van der Waals surface area (Å²) in [5, 5.41) is 0. The molecule has 86 valence electrons. The lowest BCUT2D eigenvalue weighted by Gasteiger charge is -2.16. The van der Waals surface area contributed by atoms with Crippen LogP contribution in [0.2, 0.25) is 0 Å². The first kappa shape index (κ1) is 11.1. The Labute approximate surface area is 96.2 Å². The molecule has 1 aromatic carbocycles. The van der Waals surface area contributed by atoms with Crippen LogP contribution in [0.4, 0.5) is 0 Å². The van der Waals surface area contributed by atoms with E-state index < -0.39 is 0 Å². The Morgan fingerprint density at radius 2 is 2.00 bits per heavy atom. The first-order chi connectivity index (χ1) is 7.52. The monoisotopic (exact) mass is 218 g/mol. The molecule has 0 aromatic heterocycles. The Kier molecular flexibility index (Phi) is 2.72. The fourth-order valence-corrected chi connectivity index (χ4v) is 1.84. The quantitative estimate of drug-likeness (QED) is 0.834. The van der Waals surface area contributed by atoms with Crippen LogP contribution in [-0.4, -0.2) is 30.4 Å². The maximum Gasteiger partial charge on any atom is 0.253 e. The summed E-state index contributed by atoms with van der Waals surface area (Å²) < 4.78 is 0. The average Bonchev–Trinajstić information content (AvgIpc) is 2.96. The largest absolute Gasteiger partial charge is 0.345 e. The molecule has 0 saturated heterocycles. The van der Waals surface area contributed by atoms with Gasteiger partial charge in [-0.3, -0.25) is 4.79 Å². The van der Waals surface area contributed by atoms with Crippen LogP contribution in [0.15, 0.2) is 24.3 Å². The highest BCUT2D eigenvalue weighted by molar-refractivity contribution is 5.95. The number of benzene rings is 1. The fourth-order valence-electron chi connectivity index (χ4n) is 1.84. The third-order valence-electron chi connectivity index (χ3n) is 3.09. The van der Waals surface area contributed by atoms with Crippen LogP contribution in [-0.2, 0) is 6.42 Å². The van der Waals surface area contributed by atoms with Crippen LogP contribution < -0.4 is 5.73 Å². The number of nitrogens with zero attached hydrogens (tertiary/aromatic N) is 1. The molecular formula is C13H18N2O. The van der Waals surface area contributed by atoms with Crippen LogP contribution in [0.3, 0.4) is 0 Å². The molecule has 0 atom stereocenters. The van der Waals surface area contributed by atoms with Crippen molar-refractivity contribution in [2.45, 2.75) is 24.8 Å². The van der Waals surface area contributed by atoms with Gasteiger partial charge in [-0.05, 0) is 30.9 Å². The summed E-state index contributed by atoms with van der Waals surface area (Å²) in [4.78, 5) is 13.6. The van der Waals surface area contributed by atoms with Gasteiger partial charge in [0.1, 0.15) is 0 Å². The van der Waals surface area contributed by atoms with Gasteiger partial charge in [0.15, 0.2) is 0 Å². The fraction of sp³-hybridized carbons (Fsp3) is 0.462. The Balaban J connectivity index is 2.26. The molecule has 2 N–H and O–H groups in total. The standard InChI is InChI=1S/C13H18N2O/c1-15(2)12(16)11-6-4-3-5-10(11)9-13(14)7-8-13/h3-6H,7-9,14H2,1-2H3. The van der Waals surface area contributed by atoms with Crippen molar-refractivity contribution in [2.75, 3.05) is 14.1 Å². The lowest BCUT2D eigenvalue weighted by atomic mass is 9.98. The molecule has 1 fully saturated rings. The minimum Gasteiger partial charge on any atom is -0.345 e. The molecule has 0 radical (unpaired) electrons. The van der Waals surface area contributed by atoms with Crippen molar-refractivity contribution in [1.82, 2.24) is 4.90 Å². The van der Waals surface area contributed by atoms with E-state index in [0.717, 1.165) is 30.4 Å². The summed E-state index contributed by atoms with van der Waals surface area (Å²) in [5.41, 5.74) is 7.90. The molecule has 16 heavy (non-hydrogen) atoms. The summed E-state index contributed by atoms with van der Waals surface area (Å²) in [6.45, 7) is 0. The van der Waals surface area contributed by atoms with Gasteiger partial charge < -0.3 is 10.6 Å². The molecule has 0 unspecified atom stereocenters. The van der Waals surface area contributed by atoms with Gasteiger partial charge in [-0.2, -0.15) is 0 Å². The van der Waals surface area contributed by atoms with Crippen LogP contribution in [0.1, 0.15) is 28.8 Å². The van der Waals surface area contributed by atoms with Gasteiger partial charge in [0, 0.05) is 25.2 Å². The molecule has 1 aromatic rings. The van der Waals surface area contributed by atoms with Crippen molar-refractivity contribution in [3.05, 3.63) is 35.4 Å². The van der Waals surface area contributed by atoms with Crippen molar-refractivity contribution < 1.29 is 4.79 Å². The summed E-state index contributed by atoms with van der Waals surface area (Å²) in [7, 11) is 3.54. The Morgan fingerprint density at radius 1 is 1.38 bits per heavy atom. The lowest BCUT2D eigenvalue weighted by molar-refractivity contribution is 0.0826. The zero-order valence-corrected chi connectivity index (χ0v) is 9.86. The van der Waals surface area contributed by atoms with Crippen LogP contribution in [0.25, 0.3) is 0 Å². The minimum atomic E-state index is -0.0529. The van der Waals surface area contributed by atoms with E-state index in [1.165, 1.54) is 0 Å². The van der Waals surface area contributed by atoms with E-state index in [1.54, 1.807) is 19.0 Å². The van der Waals surface area contributed by atoms with Gasteiger partial charge >= 0.3 is 0 Å². The summed E-state index contributed by atoms with van der Waals surface area (Å²) in [5.74, 6) is 0.0554. The number of nitrogens with two attached hydrogens (primary N) is 1. The molecule has 1 aliphatic carbocycles. The number of carbonyl (C=O) groups excluding carboxylic acids is 1. The zero-order chi connectivity index (χ0) is 11.8. The summed E-state index contributed by atoms with van der Waals surface area (Å²) in [6, 6.07) is 7.75. The Bertz CT molecular complexity index is 408. The van der Waals surface area contributed by atoms with Crippen molar-refractivity contribution in [2.24, 2.45) is 5.73 Å². The molecule has 0 aliphatic heterocycles. The molecule has 0 spiro atoms. The number of hydrogen-bond donors (Lipinski definition) is 1. The number of rotatable bonds is 3. The van der Waals surface area contributed by atoms with E-state index in [1.807, 2.05) is 24.3 Å². The number of amides is 1. The lowest BCUT2D eigenvalue weighted by Crippen LogP contribution is -2.28. The predicted molar refractivity (Wildman–Crippen MR) is 64.3 cm³/mol. The number of carbonyl (C=O) groups is 1. The van der Waals surface area contributed by atoms with Crippen molar-refractivity contribution >= 4 is 5.91 Å². The average molecular weight is 218 g/mol. The van der Waals surface area contributed by atoms with Crippen LogP contribution in [0, 0.1) is 0 Å². The van der Waals surface area contributed by atoms with Gasteiger partial charge in [-0.25, -0.2) is 0 Å². The van der Waals surface area contributed by atoms with Crippen LogP contribution >= 0.6 is 0 Å². The van der Waals surface area contributed by atoms with Crippen molar-refractivity contribution in [3.63, 3.8) is 0 Å². The van der Waals surface area contributed by atoms with Gasteiger partial charge in [-0.1, -0.05) is 18.2 Å². The van der Waals surface area contributed by atoms with E-state index in [9.17, 15) is 4.79 Å². The molecule has 0 heterocycles. The normalized spacial score (nSPS) is 16.9. The zero-order valence-electron chi connectivity index (χ0n) is 9.86. The van der Waals surface area contributed by atoms with E-state index in [2.05, 4.69) is 0 Å². The van der Waals surface area contributed by atoms with Crippen molar-refractivity contribution in [3.8, 4) is 0 Å². The SMILES string of the molecule is CN(C)C(=O)c1ccccc1CC1(N)CC1. The minimum absolute atomic E-state index is 0.0529. The maximum atomic E-state index is 12.0. The van der Waals surface area contributed by atoms with E-state index >= 15 is 0 Å². The second-order valence-electron chi connectivity index (χ2n) is 4.90. The van der Waals surface area contributed by atoms with Gasteiger partial charge in [-0.15, -0.1) is 0 Å².